The van der Waals surface area contributed by atoms with Gasteiger partial charge in [-0.15, -0.1) is 5.10 Å². The molecule has 4 rings (SSSR count). The number of nitrogens with zero attached hydrogens (tertiary/aromatic N) is 6. The molecule has 0 aliphatic carbocycles. The second-order valence-corrected chi connectivity index (χ2v) is 7.37. The monoisotopic (exact) mass is 429 g/mol. The van der Waals surface area contributed by atoms with Gasteiger partial charge in [0.05, 0.1) is 29.8 Å². The van der Waals surface area contributed by atoms with Crippen LogP contribution >= 0.6 is 0 Å². The maximum absolute atomic E-state index is 10.9. The smallest absolute Gasteiger partial charge is 0.303 e. The number of nitrogens with two attached hydrogens (primary N) is 1. The van der Waals surface area contributed by atoms with Gasteiger partial charge in [0.15, 0.2) is 0 Å². The molecular formula is C23H23N7O2. The fourth-order valence-electron chi connectivity index (χ4n) is 3.36. The van der Waals surface area contributed by atoms with Gasteiger partial charge in [0.25, 0.3) is 0 Å². The van der Waals surface area contributed by atoms with E-state index in [2.05, 4.69) is 32.2 Å². The first-order valence-corrected chi connectivity index (χ1v) is 10.3. The van der Waals surface area contributed by atoms with Crippen LogP contribution in [0.2, 0.25) is 0 Å². The number of aliphatic carboxylic acids is 1. The van der Waals surface area contributed by atoms with E-state index in [1.807, 2.05) is 42.5 Å². The molecule has 162 valence electrons. The molecule has 0 aliphatic rings. The SMILES string of the molecule is CCc1cccc(Cn2cc(-c3cc(-c4cccc(CCC(=O)O)c4)nc(N)n3)nn2)n1. The van der Waals surface area contributed by atoms with Crippen LogP contribution < -0.4 is 5.73 Å². The second-order valence-electron chi connectivity index (χ2n) is 7.37. The summed E-state index contributed by atoms with van der Waals surface area (Å²) in [6.07, 6.45) is 3.18. The molecule has 0 aliphatic heterocycles. The van der Waals surface area contributed by atoms with Crippen molar-refractivity contribution in [3.05, 3.63) is 71.7 Å². The van der Waals surface area contributed by atoms with E-state index in [0.29, 0.717) is 30.0 Å². The van der Waals surface area contributed by atoms with Gasteiger partial charge in [-0.1, -0.05) is 36.4 Å². The molecule has 0 radical (unpaired) electrons. The number of carboxylic acids is 1. The number of aryl methyl sites for hydroxylation is 2. The summed E-state index contributed by atoms with van der Waals surface area (Å²) in [6, 6.07) is 15.3. The number of aromatic nitrogens is 6. The lowest BCUT2D eigenvalue weighted by molar-refractivity contribution is -0.136. The van der Waals surface area contributed by atoms with Crippen LogP contribution in [0.15, 0.2) is 54.7 Å². The van der Waals surface area contributed by atoms with Crippen LogP contribution in [0, 0.1) is 0 Å². The van der Waals surface area contributed by atoms with Crippen molar-refractivity contribution in [1.82, 2.24) is 29.9 Å². The molecule has 0 atom stereocenters. The summed E-state index contributed by atoms with van der Waals surface area (Å²) in [4.78, 5) is 24.1. The number of rotatable bonds is 8. The lowest BCUT2D eigenvalue weighted by atomic mass is 10.0. The standard InChI is InChI=1S/C23H23N7O2/c1-2-17-7-4-8-18(25-17)13-30-14-21(28-29-30)20-12-19(26-23(24)27-20)16-6-3-5-15(11-16)9-10-22(31)32/h3-8,11-12,14H,2,9-10,13H2,1H3,(H,31,32)(H2,24,26,27). The van der Waals surface area contributed by atoms with Crippen molar-refractivity contribution < 1.29 is 9.90 Å². The van der Waals surface area contributed by atoms with Gasteiger partial charge >= 0.3 is 5.97 Å². The third-order valence-electron chi connectivity index (χ3n) is 4.95. The number of nitrogen functional groups attached to an aromatic ring is 1. The number of hydrogen-bond acceptors (Lipinski definition) is 7. The van der Waals surface area contributed by atoms with Gasteiger partial charge in [0.2, 0.25) is 5.95 Å². The summed E-state index contributed by atoms with van der Waals surface area (Å²) < 4.78 is 1.71. The average Bonchev–Trinajstić information content (AvgIpc) is 3.26. The predicted octanol–water partition coefficient (Wildman–Crippen LogP) is 3.01. The number of anilines is 1. The molecule has 0 amide bonds. The van der Waals surface area contributed by atoms with E-state index in [1.54, 1.807) is 16.9 Å². The van der Waals surface area contributed by atoms with Crippen LogP contribution in [0.25, 0.3) is 22.6 Å². The minimum Gasteiger partial charge on any atom is -0.481 e. The first-order chi connectivity index (χ1) is 15.5. The van der Waals surface area contributed by atoms with Crippen LogP contribution in [-0.4, -0.2) is 41.0 Å². The zero-order valence-electron chi connectivity index (χ0n) is 17.6. The average molecular weight is 429 g/mol. The molecule has 0 bridgehead atoms. The van der Waals surface area contributed by atoms with E-state index in [9.17, 15) is 4.79 Å². The molecule has 0 fully saturated rings. The first-order valence-electron chi connectivity index (χ1n) is 10.3. The highest BCUT2D eigenvalue weighted by molar-refractivity contribution is 5.69. The molecule has 3 N–H and O–H groups in total. The maximum Gasteiger partial charge on any atom is 0.303 e. The van der Waals surface area contributed by atoms with Crippen molar-refractivity contribution in [2.75, 3.05) is 5.73 Å². The fourth-order valence-corrected chi connectivity index (χ4v) is 3.36. The number of carbonyl (C=O) groups is 1. The zero-order valence-corrected chi connectivity index (χ0v) is 17.6. The van der Waals surface area contributed by atoms with Crippen LogP contribution in [0.1, 0.15) is 30.3 Å². The third-order valence-corrected chi connectivity index (χ3v) is 4.95. The van der Waals surface area contributed by atoms with Gasteiger partial charge in [-0.05, 0) is 42.7 Å². The van der Waals surface area contributed by atoms with Crippen molar-refractivity contribution in [3.63, 3.8) is 0 Å². The highest BCUT2D eigenvalue weighted by Gasteiger charge is 2.12. The second kappa shape index (κ2) is 9.34. The van der Waals surface area contributed by atoms with Crippen LogP contribution in [-0.2, 0) is 24.2 Å². The molecule has 0 unspecified atom stereocenters. The lowest BCUT2D eigenvalue weighted by Crippen LogP contribution is -2.03. The van der Waals surface area contributed by atoms with Crippen molar-refractivity contribution in [1.29, 1.82) is 0 Å². The Morgan fingerprint density at radius 2 is 1.78 bits per heavy atom. The first kappa shape index (κ1) is 21.1. The molecule has 0 spiro atoms. The third kappa shape index (κ3) is 5.12. The van der Waals surface area contributed by atoms with E-state index >= 15 is 0 Å². The Bertz CT molecular complexity index is 1250. The summed E-state index contributed by atoms with van der Waals surface area (Å²) in [7, 11) is 0. The Kier molecular flexibility index (Phi) is 6.16. The Hall–Kier alpha value is -4.14. The normalized spacial score (nSPS) is 10.9. The summed E-state index contributed by atoms with van der Waals surface area (Å²) in [5, 5.41) is 17.4. The van der Waals surface area contributed by atoms with E-state index in [4.69, 9.17) is 10.8 Å². The van der Waals surface area contributed by atoms with Crippen molar-refractivity contribution in [2.24, 2.45) is 0 Å². The van der Waals surface area contributed by atoms with Crippen LogP contribution in [0.3, 0.4) is 0 Å². The van der Waals surface area contributed by atoms with E-state index < -0.39 is 5.97 Å². The molecule has 9 nitrogen and oxygen atoms in total. The van der Waals surface area contributed by atoms with Crippen molar-refractivity contribution >= 4 is 11.9 Å². The van der Waals surface area contributed by atoms with Crippen LogP contribution in [0.4, 0.5) is 5.95 Å². The molecule has 4 aromatic rings. The molecule has 3 heterocycles. The minimum atomic E-state index is -0.830. The minimum absolute atomic E-state index is 0.0692. The summed E-state index contributed by atoms with van der Waals surface area (Å²) in [6.45, 7) is 2.57. The fraction of sp³-hybridized carbons (Fsp3) is 0.217. The van der Waals surface area contributed by atoms with Gasteiger partial charge in [0.1, 0.15) is 5.69 Å². The largest absolute Gasteiger partial charge is 0.481 e. The molecule has 0 saturated carbocycles. The molecule has 3 aromatic heterocycles. The van der Waals surface area contributed by atoms with E-state index in [-0.39, 0.29) is 12.4 Å². The molecule has 1 aromatic carbocycles. The quantitative estimate of drug-likeness (QED) is 0.437. The van der Waals surface area contributed by atoms with Crippen LogP contribution in [0.5, 0.6) is 0 Å². The number of hydrogen-bond donors (Lipinski definition) is 2. The van der Waals surface area contributed by atoms with Crippen molar-refractivity contribution in [2.45, 2.75) is 32.7 Å². The van der Waals surface area contributed by atoms with E-state index in [0.717, 1.165) is 28.9 Å². The van der Waals surface area contributed by atoms with Gasteiger partial charge in [-0.3, -0.25) is 9.78 Å². The van der Waals surface area contributed by atoms with E-state index in [1.165, 1.54) is 0 Å². The number of pyridine rings is 1. The Morgan fingerprint density at radius 3 is 2.59 bits per heavy atom. The number of carboxylic acid groups (broad SMARTS) is 1. The topological polar surface area (TPSA) is 133 Å². The number of benzene rings is 1. The van der Waals surface area contributed by atoms with Gasteiger partial charge in [-0.25, -0.2) is 14.6 Å². The zero-order chi connectivity index (χ0) is 22.5. The molecule has 9 heteroatoms. The van der Waals surface area contributed by atoms with Gasteiger partial charge in [-0.2, -0.15) is 0 Å². The summed E-state index contributed by atoms with van der Waals surface area (Å²) in [5.41, 5.74) is 11.4. The Morgan fingerprint density at radius 1 is 1.00 bits per heavy atom. The lowest BCUT2D eigenvalue weighted by Gasteiger charge is -2.06. The molecular weight excluding hydrogens is 406 g/mol. The van der Waals surface area contributed by atoms with Gasteiger partial charge in [0, 0.05) is 17.7 Å². The van der Waals surface area contributed by atoms with Crippen molar-refractivity contribution in [3.8, 4) is 22.6 Å². The highest BCUT2D eigenvalue weighted by Crippen LogP contribution is 2.24. The predicted molar refractivity (Wildman–Crippen MR) is 120 cm³/mol. The van der Waals surface area contributed by atoms with Gasteiger partial charge < -0.3 is 10.8 Å². The highest BCUT2D eigenvalue weighted by atomic mass is 16.4. The molecule has 32 heavy (non-hydrogen) atoms. The Labute approximate surface area is 185 Å². The molecule has 0 saturated heterocycles. The summed E-state index contributed by atoms with van der Waals surface area (Å²) in [5.74, 6) is -0.705. The maximum atomic E-state index is 10.9. The summed E-state index contributed by atoms with van der Waals surface area (Å²) >= 11 is 0. The Balaban J connectivity index is 1.58.